The Morgan fingerprint density at radius 2 is 1.89 bits per heavy atom. The number of ether oxygens (including phenoxy) is 1. The Morgan fingerprint density at radius 3 is 2.53 bits per heavy atom. The van der Waals surface area contributed by atoms with Gasteiger partial charge in [0.05, 0.1) is 6.61 Å². The number of hydrogen-bond donors (Lipinski definition) is 1. The summed E-state index contributed by atoms with van der Waals surface area (Å²) in [6, 6.07) is 14.6. The summed E-state index contributed by atoms with van der Waals surface area (Å²) in [7, 11) is 0. The topological polar surface area (TPSA) is 59.4 Å². The summed E-state index contributed by atoms with van der Waals surface area (Å²) in [4.78, 5) is 15.4. The van der Waals surface area contributed by atoms with E-state index < -0.39 is 12.1 Å². The number of hydrogen-bond acceptors (Lipinski definition) is 3. The van der Waals surface area contributed by atoms with Crippen LogP contribution in [0.4, 0.5) is 0 Å². The number of rotatable bonds is 6. The largest absolute Gasteiger partial charge is 0.479 e. The van der Waals surface area contributed by atoms with Crippen LogP contribution in [0, 0.1) is 0 Å². The van der Waals surface area contributed by atoms with E-state index in [0.29, 0.717) is 18.6 Å². The molecule has 0 aliphatic rings. The van der Waals surface area contributed by atoms with Gasteiger partial charge in [0.1, 0.15) is 0 Å². The molecule has 1 unspecified atom stereocenters. The monoisotopic (exact) mass is 257 g/mol. The lowest BCUT2D eigenvalue weighted by Gasteiger charge is -2.13. The van der Waals surface area contributed by atoms with Gasteiger partial charge in [-0.3, -0.25) is 4.98 Å². The van der Waals surface area contributed by atoms with Crippen LogP contribution in [0.2, 0.25) is 0 Å². The van der Waals surface area contributed by atoms with Crippen molar-refractivity contribution in [1.82, 2.24) is 4.98 Å². The zero-order valence-corrected chi connectivity index (χ0v) is 10.4. The maximum Gasteiger partial charge on any atom is 0.337 e. The van der Waals surface area contributed by atoms with E-state index in [2.05, 4.69) is 4.98 Å². The van der Waals surface area contributed by atoms with Crippen molar-refractivity contribution in [3.05, 3.63) is 66.0 Å². The quantitative estimate of drug-likeness (QED) is 0.863. The van der Waals surface area contributed by atoms with E-state index in [1.165, 1.54) is 0 Å². The van der Waals surface area contributed by atoms with Crippen LogP contribution in [0.3, 0.4) is 0 Å². The number of pyridine rings is 1. The van der Waals surface area contributed by atoms with Crippen LogP contribution in [0.25, 0.3) is 0 Å². The van der Waals surface area contributed by atoms with Gasteiger partial charge >= 0.3 is 5.97 Å². The molecule has 0 radical (unpaired) electrons. The molecule has 2 aromatic rings. The molecule has 0 fully saturated rings. The minimum absolute atomic E-state index is 0.322. The summed E-state index contributed by atoms with van der Waals surface area (Å²) in [6.07, 6.45) is 1.38. The lowest BCUT2D eigenvalue weighted by atomic mass is 10.1. The Morgan fingerprint density at radius 1 is 1.16 bits per heavy atom. The molecule has 0 saturated carbocycles. The Labute approximate surface area is 111 Å². The molecule has 1 aromatic carbocycles. The van der Waals surface area contributed by atoms with E-state index in [1.54, 1.807) is 30.5 Å². The van der Waals surface area contributed by atoms with Crippen molar-refractivity contribution in [1.29, 1.82) is 0 Å². The van der Waals surface area contributed by atoms with Gasteiger partial charge in [0.2, 0.25) is 0 Å². The van der Waals surface area contributed by atoms with Crippen LogP contribution in [-0.2, 0) is 16.0 Å². The van der Waals surface area contributed by atoms with E-state index in [9.17, 15) is 9.90 Å². The molecule has 98 valence electrons. The zero-order chi connectivity index (χ0) is 13.5. The molecule has 0 amide bonds. The fourth-order valence-electron chi connectivity index (χ4n) is 1.77. The van der Waals surface area contributed by atoms with Gasteiger partial charge in [-0.25, -0.2) is 4.79 Å². The van der Waals surface area contributed by atoms with Crippen molar-refractivity contribution in [2.75, 3.05) is 6.61 Å². The minimum atomic E-state index is -0.979. The number of carboxylic acids is 1. The van der Waals surface area contributed by atoms with Crippen LogP contribution in [0.15, 0.2) is 54.7 Å². The first-order valence-electron chi connectivity index (χ1n) is 6.06. The second kappa shape index (κ2) is 6.66. The summed E-state index contributed by atoms with van der Waals surface area (Å²) >= 11 is 0. The van der Waals surface area contributed by atoms with Crippen LogP contribution < -0.4 is 0 Å². The summed E-state index contributed by atoms with van der Waals surface area (Å²) in [5.74, 6) is -0.979. The highest BCUT2D eigenvalue weighted by Gasteiger charge is 2.19. The van der Waals surface area contributed by atoms with Gasteiger partial charge in [-0.15, -0.1) is 0 Å². The minimum Gasteiger partial charge on any atom is -0.479 e. The van der Waals surface area contributed by atoms with E-state index >= 15 is 0 Å². The normalized spacial score (nSPS) is 12.0. The Bertz CT molecular complexity index is 513. The molecule has 1 N–H and O–H groups in total. The number of carboxylic acid groups (broad SMARTS) is 1. The molecule has 0 saturated heterocycles. The fourth-order valence-corrected chi connectivity index (χ4v) is 1.77. The van der Waals surface area contributed by atoms with Crippen LogP contribution in [0.5, 0.6) is 0 Å². The third-order valence-electron chi connectivity index (χ3n) is 2.70. The van der Waals surface area contributed by atoms with Gasteiger partial charge in [0.15, 0.2) is 6.10 Å². The smallest absolute Gasteiger partial charge is 0.337 e. The first-order valence-corrected chi connectivity index (χ1v) is 6.06. The lowest BCUT2D eigenvalue weighted by Crippen LogP contribution is -2.16. The molecule has 0 aliphatic carbocycles. The van der Waals surface area contributed by atoms with E-state index in [-0.39, 0.29) is 0 Å². The lowest BCUT2D eigenvalue weighted by molar-refractivity contribution is -0.150. The number of nitrogens with zero attached hydrogens (tertiary/aromatic N) is 1. The SMILES string of the molecule is O=C(O)C(OCCc1ccccn1)c1ccccc1. The maximum atomic E-state index is 11.2. The van der Waals surface area contributed by atoms with E-state index in [0.717, 1.165) is 5.69 Å². The molecule has 1 atom stereocenters. The van der Waals surface area contributed by atoms with Gasteiger partial charge in [-0.2, -0.15) is 0 Å². The van der Waals surface area contributed by atoms with Gasteiger partial charge in [-0.1, -0.05) is 36.4 Å². The molecule has 2 rings (SSSR count). The Hall–Kier alpha value is -2.20. The van der Waals surface area contributed by atoms with Crippen LogP contribution in [-0.4, -0.2) is 22.7 Å². The van der Waals surface area contributed by atoms with Crippen LogP contribution >= 0.6 is 0 Å². The van der Waals surface area contributed by atoms with Crippen molar-refractivity contribution in [3.63, 3.8) is 0 Å². The first-order chi connectivity index (χ1) is 9.27. The number of benzene rings is 1. The molecule has 1 aromatic heterocycles. The number of aromatic nitrogens is 1. The van der Waals surface area contributed by atoms with Gasteiger partial charge in [-0.05, 0) is 17.7 Å². The van der Waals surface area contributed by atoms with Gasteiger partial charge in [0.25, 0.3) is 0 Å². The van der Waals surface area contributed by atoms with Crippen molar-refractivity contribution in [2.24, 2.45) is 0 Å². The molecule has 4 heteroatoms. The Balaban J connectivity index is 1.94. The van der Waals surface area contributed by atoms with Crippen LogP contribution in [0.1, 0.15) is 17.4 Å². The highest BCUT2D eigenvalue weighted by atomic mass is 16.5. The van der Waals surface area contributed by atoms with Gasteiger partial charge in [0, 0.05) is 18.3 Å². The third kappa shape index (κ3) is 3.89. The van der Waals surface area contributed by atoms with Crippen molar-refractivity contribution in [3.8, 4) is 0 Å². The summed E-state index contributed by atoms with van der Waals surface area (Å²) in [5, 5.41) is 9.18. The molecular weight excluding hydrogens is 242 g/mol. The maximum absolute atomic E-state index is 11.2. The molecular formula is C15H15NO3. The number of carbonyl (C=O) groups is 1. The average molecular weight is 257 g/mol. The van der Waals surface area contributed by atoms with Crippen molar-refractivity contribution >= 4 is 5.97 Å². The zero-order valence-electron chi connectivity index (χ0n) is 10.4. The molecule has 1 heterocycles. The second-order valence-electron chi connectivity index (χ2n) is 4.07. The molecule has 4 nitrogen and oxygen atoms in total. The second-order valence-corrected chi connectivity index (χ2v) is 4.07. The van der Waals surface area contributed by atoms with Gasteiger partial charge < -0.3 is 9.84 Å². The molecule has 0 spiro atoms. The predicted octanol–water partition coefficient (Wildman–Crippen LogP) is 2.47. The predicted molar refractivity (Wildman–Crippen MR) is 70.7 cm³/mol. The van der Waals surface area contributed by atoms with Crippen molar-refractivity contribution in [2.45, 2.75) is 12.5 Å². The third-order valence-corrected chi connectivity index (χ3v) is 2.70. The highest BCUT2D eigenvalue weighted by Crippen LogP contribution is 2.17. The standard InChI is InChI=1S/C15H15NO3/c17-15(18)14(12-6-2-1-3-7-12)19-11-9-13-8-4-5-10-16-13/h1-8,10,14H,9,11H2,(H,17,18). The van der Waals surface area contributed by atoms with Crippen molar-refractivity contribution < 1.29 is 14.6 Å². The highest BCUT2D eigenvalue weighted by molar-refractivity contribution is 5.74. The average Bonchev–Trinajstić information content (AvgIpc) is 2.45. The Kier molecular flexibility index (Phi) is 4.64. The van der Waals surface area contributed by atoms with E-state index in [4.69, 9.17) is 4.74 Å². The summed E-state index contributed by atoms with van der Waals surface area (Å²) in [6.45, 7) is 0.322. The summed E-state index contributed by atoms with van der Waals surface area (Å²) in [5.41, 5.74) is 1.54. The molecule has 0 aliphatic heterocycles. The summed E-state index contributed by atoms with van der Waals surface area (Å²) < 4.78 is 5.45. The molecule has 19 heavy (non-hydrogen) atoms. The van der Waals surface area contributed by atoms with E-state index in [1.807, 2.05) is 24.3 Å². The number of aliphatic carboxylic acids is 1. The fraction of sp³-hybridized carbons (Fsp3) is 0.200. The first kappa shape index (κ1) is 13.2. The molecule has 0 bridgehead atoms.